The Morgan fingerprint density at radius 3 is 2.57 bits per heavy atom. The van der Waals surface area contributed by atoms with Crippen molar-refractivity contribution >= 4 is 5.70 Å². The van der Waals surface area contributed by atoms with Gasteiger partial charge in [0, 0.05) is 17.3 Å². The zero-order chi connectivity index (χ0) is 24.7. The van der Waals surface area contributed by atoms with Crippen LogP contribution in [0.15, 0.2) is 53.7 Å². The molecule has 0 radical (unpaired) electrons. The number of nitrogens with one attached hydrogen (secondary N) is 1. The Bertz CT molecular complexity index is 1310. The second-order valence-electron chi connectivity index (χ2n) is 9.25. The van der Waals surface area contributed by atoms with Crippen LogP contribution in [0.4, 0.5) is 8.78 Å². The molecule has 1 fully saturated rings. The van der Waals surface area contributed by atoms with E-state index in [1.165, 1.54) is 18.2 Å². The predicted molar refractivity (Wildman–Crippen MR) is 125 cm³/mol. The van der Waals surface area contributed by atoms with Crippen LogP contribution in [-0.2, 0) is 10.3 Å². The maximum absolute atomic E-state index is 14.2. The second kappa shape index (κ2) is 8.86. The highest BCUT2D eigenvalue weighted by molar-refractivity contribution is 5.67. The topological polar surface area (TPSA) is 136 Å². The number of H-pyrrole nitrogens is 1. The van der Waals surface area contributed by atoms with Crippen molar-refractivity contribution in [1.82, 2.24) is 20.2 Å². The van der Waals surface area contributed by atoms with Gasteiger partial charge in [0.05, 0.1) is 24.5 Å². The minimum absolute atomic E-state index is 0.0146. The van der Waals surface area contributed by atoms with Crippen LogP contribution in [-0.4, -0.2) is 38.5 Å². The quantitative estimate of drug-likeness (QED) is 0.441. The van der Waals surface area contributed by atoms with Crippen molar-refractivity contribution in [1.29, 1.82) is 0 Å². The number of nitrogens with two attached hydrogens (primary N) is 2. The molecule has 2 aromatic heterocycles. The van der Waals surface area contributed by atoms with Gasteiger partial charge in [0.15, 0.2) is 17.2 Å². The monoisotopic (exact) mass is 480 g/mol. The lowest BCUT2D eigenvalue weighted by molar-refractivity contribution is -0.189. The second-order valence-corrected chi connectivity index (χ2v) is 9.25. The highest BCUT2D eigenvalue weighted by atomic mass is 19.1. The predicted octanol–water partition coefficient (Wildman–Crippen LogP) is 3.09. The van der Waals surface area contributed by atoms with Crippen molar-refractivity contribution in [2.24, 2.45) is 17.4 Å². The van der Waals surface area contributed by atoms with Gasteiger partial charge in [-0.25, -0.2) is 18.7 Å². The van der Waals surface area contributed by atoms with Gasteiger partial charge in [-0.1, -0.05) is 19.1 Å². The summed E-state index contributed by atoms with van der Waals surface area (Å²) in [4.78, 5) is 9.15. The summed E-state index contributed by atoms with van der Waals surface area (Å²) in [5, 5.41) is 17.4. The third-order valence-electron chi connectivity index (χ3n) is 6.50. The molecule has 2 atom stereocenters. The number of hydrogen-bond donors (Lipinski definition) is 4. The zero-order valence-corrected chi connectivity index (χ0v) is 19.1. The summed E-state index contributed by atoms with van der Waals surface area (Å²) in [5.41, 5.74) is 13.8. The average Bonchev–Trinajstić information content (AvgIpc) is 3.30. The van der Waals surface area contributed by atoms with Crippen LogP contribution in [0.2, 0.25) is 0 Å². The summed E-state index contributed by atoms with van der Waals surface area (Å²) in [6.07, 6.45) is 2.94. The Hall–Kier alpha value is -3.63. The maximum atomic E-state index is 14.2. The molecule has 0 bridgehead atoms. The van der Waals surface area contributed by atoms with E-state index >= 15 is 0 Å². The van der Waals surface area contributed by atoms with Gasteiger partial charge in [0.25, 0.3) is 0 Å². The number of aromatic amines is 1. The summed E-state index contributed by atoms with van der Waals surface area (Å²) < 4.78 is 33.5. The van der Waals surface area contributed by atoms with E-state index < -0.39 is 17.2 Å². The molecule has 1 aliphatic heterocycles. The molecular weight excluding hydrogens is 454 g/mol. The van der Waals surface area contributed by atoms with Crippen molar-refractivity contribution in [2.45, 2.75) is 31.3 Å². The van der Waals surface area contributed by atoms with E-state index in [9.17, 15) is 13.9 Å². The first-order valence-corrected chi connectivity index (χ1v) is 11.4. The van der Waals surface area contributed by atoms with E-state index in [1.54, 1.807) is 12.1 Å². The summed E-state index contributed by atoms with van der Waals surface area (Å²) in [5.74, 6) is -0.739. The number of benzene rings is 1. The highest BCUT2D eigenvalue weighted by Gasteiger charge is 2.41. The molecule has 0 spiro atoms. The minimum Gasteiger partial charge on any atom is -0.401 e. The first kappa shape index (κ1) is 23.1. The van der Waals surface area contributed by atoms with E-state index in [4.69, 9.17) is 21.2 Å². The molecule has 3 heterocycles. The van der Waals surface area contributed by atoms with Gasteiger partial charge in [-0.15, -0.1) is 0 Å². The fourth-order valence-electron chi connectivity index (χ4n) is 4.57. The smallest absolute Gasteiger partial charge is 0.199 e. The highest BCUT2D eigenvalue weighted by Crippen LogP contribution is 2.39. The number of aromatic nitrogens is 4. The molecule has 0 amide bonds. The molecule has 1 saturated heterocycles. The van der Waals surface area contributed by atoms with Crippen LogP contribution in [0.1, 0.15) is 42.8 Å². The van der Waals surface area contributed by atoms with Crippen molar-refractivity contribution in [3.05, 3.63) is 82.5 Å². The Labute approximate surface area is 200 Å². The molecule has 182 valence electrons. The van der Waals surface area contributed by atoms with E-state index in [0.29, 0.717) is 29.5 Å². The van der Waals surface area contributed by atoms with Crippen molar-refractivity contribution in [3.63, 3.8) is 0 Å². The van der Waals surface area contributed by atoms with Crippen LogP contribution in [0.3, 0.4) is 0 Å². The lowest BCUT2D eigenvalue weighted by Gasteiger charge is -2.33. The number of halogens is 2. The molecule has 5 rings (SSSR count). The molecule has 6 N–H and O–H groups in total. The van der Waals surface area contributed by atoms with Gasteiger partial charge in [-0.05, 0) is 54.7 Å². The maximum Gasteiger partial charge on any atom is 0.199 e. The van der Waals surface area contributed by atoms with Crippen LogP contribution in [0, 0.1) is 17.6 Å². The van der Waals surface area contributed by atoms with Crippen molar-refractivity contribution in [2.75, 3.05) is 13.2 Å². The molecule has 1 aromatic carbocycles. The van der Waals surface area contributed by atoms with Crippen molar-refractivity contribution in [3.8, 4) is 11.5 Å². The van der Waals surface area contributed by atoms with Crippen LogP contribution in [0.25, 0.3) is 17.2 Å². The lowest BCUT2D eigenvalue weighted by atomic mass is 9.78. The number of allylic oxidation sites excluding steroid dienone is 3. The lowest BCUT2D eigenvalue weighted by Crippen LogP contribution is -2.47. The first-order chi connectivity index (χ1) is 16.7. The molecular formula is C25H26F2N6O2. The van der Waals surface area contributed by atoms with Gasteiger partial charge in [0.2, 0.25) is 0 Å². The van der Waals surface area contributed by atoms with Gasteiger partial charge in [-0.2, -0.15) is 5.10 Å². The van der Waals surface area contributed by atoms with E-state index in [1.807, 2.05) is 12.1 Å². The summed E-state index contributed by atoms with van der Waals surface area (Å²) >= 11 is 0. The van der Waals surface area contributed by atoms with Gasteiger partial charge in [0.1, 0.15) is 17.3 Å². The largest absolute Gasteiger partial charge is 0.401 e. The molecule has 2 unspecified atom stereocenters. The zero-order valence-electron chi connectivity index (χ0n) is 19.1. The Morgan fingerprint density at radius 2 is 1.89 bits per heavy atom. The molecule has 3 aromatic rings. The van der Waals surface area contributed by atoms with Crippen LogP contribution >= 0.6 is 0 Å². The molecule has 35 heavy (non-hydrogen) atoms. The Kier molecular flexibility index (Phi) is 5.86. The fraction of sp³-hybridized carbons (Fsp3) is 0.320. The Balaban J connectivity index is 1.47. The Morgan fingerprint density at radius 1 is 1.17 bits per heavy atom. The third-order valence-corrected chi connectivity index (χ3v) is 6.50. The number of aliphatic hydroxyl groups is 1. The fourth-order valence-corrected chi connectivity index (χ4v) is 4.57. The van der Waals surface area contributed by atoms with E-state index in [0.717, 1.165) is 17.7 Å². The van der Waals surface area contributed by atoms with Gasteiger partial charge >= 0.3 is 0 Å². The molecule has 8 nitrogen and oxygen atoms in total. The SMILES string of the molecule is CC1CC(/C=C(\N)c2c(F)cccc2F)=C(N)C(c2cccc(-c3n[nH]c(C4(O)COC4)n3)n2)C1. The molecule has 2 aliphatic rings. The molecule has 10 heteroatoms. The summed E-state index contributed by atoms with van der Waals surface area (Å²) in [6.45, 7) is 2.40. The van der Waals surface area contributed by atoms with E-state index in [-0.39, 0.29) is 36.3 Å². The average molecular weight is 481 g/mol. The standard InChI is InChI=1S/C25H26F2N6O2/c1-13-8-14(10-18(28)21-16(26)4-2-5-17(21)27)22(29)15(9-13)19-6-3-7-20(30-19)23-31-24(33-32-23)25(34)11-35-12-25/h2-7,10,13,15,34H,8-9,11-12,28-29H2,1H3,(H,31,32,33)/b18-10-. The van der Waals surface area contributed by atoms with Gasteiger partial charge in [-0.3, -0.25) is 5.10 Å². The number of hydrogen-bond acceptors (Lipinski definition) is 7. The van der Waals surface area contributed by atoms with E-state index in [2.05, 4.69) is 22.1 Å². The number of rotatable bonds is 5. The molecule has 1 aliphatic carbocycles. The van der Waals surface area contributed by atoms with Crippen molar-refractivity contribution < 1.29 is 18.6 Å². The minimum atomic E-state index is -1.16. The van der Waals surface area contributed by atoms with Crippen LogP contribution < -0.4 is 11.5 Å². The first-order valence-electron chi connectivity index (χ1n) is 11.4. The normalized spacial score (nSPS) is 22.2. The number of pyridine rings is 1. The van der Waals surface area contributed by atoms with Gasteiger partial charge < -0.3 is 21.3 Å². The molecule has 0 saturated carbocycles. The number of nitrogens with zero attached hydrogens (tertiary/aromatic N) is 3. The number of ether oxygens (including phenoxy) is 1. The summed E-state index contributed by atoms with van der Waals surface area (Å²) in [7, 11) is 0. The van der Waals surface area contributed by atoms with Crippen LogP contribution in [0.5, 0.6) is 0 Å². The third kappa shape index (κ3) is 4.30. The summed E-state index contributed by atoms with van der Waals surface area (Å²) in [6, 6.07) is 9.14.